The molecule has 2 N–H and O–H groups in total. The van der Waals surface area contributed by atoms with Crippen molar-refractivity contribution in [2.75, 3.05) is 5.73 Å². The van der Waals surface area contributed by atoms with E-state index >= 15 is 0 Å². The molecule has 0 saturated heterocycles. The van der Waals surface area contributed by atoms with Gasteiger partial charge in [0.15, 0.2) is 0 Å². The Kier molecular flexibility index (Phi) is 1.97. The van der Waals surface area contributed by atoms with Crippen molar-refractivity contribution < 1.29 is 0 Å². The lowest BCUT2D eigenvalue weighted by molar-refractivity contribution is 1.30. The van der Waals surface area contributed by atoms with Gasteiger partial charge in [-0.1, -0.05) is 30.8 Å². The lowest BCUT2D eigenvalue weighted by Crippen LogP contribution is -1.95. The zero-order valence-corrected chi connectivity index (χ0v) is 8.12. The minimum atomic E-state index is 0.570. The first kappa shape index (κ1) is 8.75. The number of nitrogens with two attached hydrogens (primary N) is 1. The van der Waals surface area contributed by atoms with Crippen LogP contribution in [0.15, 0.2) is 36.9 Å². The largest absolute Gasteiger partial charge is 0.383 e. The highest BCUT2D eigenvalue weighted by Gasteiger charge is 2.02. The van der Waals surface area contributed by atoms with Gasteiger partial charge >= 0.3 is 0 Å². The molecule has 0 aliphatic rings. The molecule has 0 atom stereocenters. The standard InChI is InChI=1S/C12H12N2/c1-8(2)11-7-9-5-3-4-6-10(9)12(13)14-11/h3-7H,1H2,2H3,(H2,13,14). The molecule has 0 aliphatic carbocycles. The fraction of sp³-hybridized carbons (Fsp3) is 0.0833. The summed E-state index contributed by atoms with van der Waals surface area (Å²) in [6.07, 6.45) is 0. The molecule has 2 rings (SSSR count). The summed E-state index contributed by atoms with van der Waals surface area (Å²) < 4.78 is 0. The van der Waals surface area contributed by atoms with Gasteiger partial charge in [0.05, 0.1) is 5.69 Å². The molecule has 70 valence electrons. The number of pyridine rings is 1. The van der Waals surface area contributed by atoms with E-state index in [1.807, 2.05) is 37.3 Å². The Balaban J connectivity index is 2.78. The van der Waals surface area contributed by atoms with Gasteiger partial charge in [-0.25, -0.2) is 4.98 Å². The Hall–Kier alpha value is -1.83. The van der Waals surface area contributed by atoms with Gasteiger partial charge in [0.1, 0.15) is 5.82 Å². The van der Waals surface area contributed by atoms with Crippen LogP contribution in [0.5, 0.6) is 0 Å². The second-order valence-electron chi connectivity index (χ2n) is 3.39. The molecule has 2 nitrogen and oxygen atoms in total. The first-order valence-electron chi connectivity index (χ1n) is 4.49. The topological polar surface area (TPSA) is 38.9 Å². The van der Waals surface area contributed by atoms with Gasteiger partial charge < -0.3 is 5.73 Å². The summed E-state index contributed by atoms with van der Waals surface area (Å²) in [5, 5.41) is 2.11. The van der Waals surface area contributed by atoms with Crippen LogP contribution in [0.4, 0.5) is 5.82 Å². The molecule has 0 fully saturated rings. The third-order valence-corrected chi connectivity index (χ3v) is 2.21. The third-order valence-electron chi connectivity index (χ3n) is 2.21. The average Bonchev–Trinajstić information content (AvgIpc) is 2.17. The van der Waals surface area contributed by atoms with E-state index in [1.54, 1.807) is 0 Å². The Morgan fingerprint density at radius 2 is 2.07 bits per heavy atom. The van der Waals surface area contributed by atoms with Gasteiger partial charge in [-0.2, -0.15) is 0 Å². The number of rotatable bonds is 1. The SMILES string of the molecule is C=C(C)c1cc2ccccc2c(N)n1. The monoisotopic (exact) mass is 184 g/mol. The quantitative estimate of drug-likeness (QED) is 0.740. The fourth-order valence-corrected chi connectivity index (χ4v) is 1.44. The summed E-state index contributed by atoms with van der Waals surface area (Å²) in [7, 11) is 0. The van der Waals surface area contributed by atoms with Crippen LogP contribution in [-0.4, -0.2) is 4.98 Å². The van der Waals surface area contributed by atoms with Gasteiger partial charge in [0, 0.05) is 5.39 Å². The fourth-order valence-electron chi connectivity index (χ4n) is 1.44. The lowest BCUT2D eigenvalue weighted by Gasteiger charge is -2.05. The van der Waals surface area contributed by atoms with Crippen molar-refractivity contribution in [3.05, 3.63) is 42.6 Å². The first-order valence-corrected chi connectivity index (χ1v) is 4.49. The van der Waals surface area contributed by atoms with Crippen LogP contribution in [-0.2, 0) is 0 Å². The maximum Gasteiger partial charge on any atom is 0.131 e. The van der Waals surface area contributed by atoms with Crippen molar-refractivity contribution >= 4 is 22.2 Å². The van der Waals surface area contributed by atoms with E-state index in [1.165, 1.54) is 0 Å². The Labute approximate surface area is 83.1 Å². The second-order valence-corrected chi connectivity index (χ2v) is 3.39. The van der Waals surface area contributed by atoms with Crippen molar-refractivity contribution in [3.8, 4) is 0 Å². The first-order chi connectivity index (χ1) is 6.68. The molecule has 1 heterocycles. The number of hydrogen-bond donors (Lipinski definition) is 1. The molecule has 14 heavy (non-hydrogen) atoms. The van der Waals surface area contributed by atoms with E-state index in [9.17, 15) is 0 Å². The number of hydrogen-bond acceptors (Lipinski definition) is 2. The van der Waals surface area contributed by atoms with Crippen molar-refractivity contribution in [2.24, 2.45) is 0 Å². The van der Waals surface area contributed by atoms with Crippen LogP contribution in [0.1, 0.15) is 12.6 Å². The summed E-state index contributed by atoms with van der Waals surface area (Å²) >= 11 is 0. The third kappa shape index (κ3) is 1.35. The summed E-state index contributed by atoms with van der Waals surface area (Å²) in [4.78, 5) is 4.28. The minimum absolute atomic E-state index is 0.570. The van der Waals surface area contributed by atoms with Crippen LogP contribution < -0.4 is 5.73 Å². The van der Waals surface area contributed by atoms with Gasteiger partial charge in [-0.15, -0.1) is 0 Å². The van der Waals surface area contributed by atoms with E-state index in [2.05, 4.69) is 11.6 Å². The van der Waals surface area contributed by atoms with E-state index < -0.39 is 0 Å². The summed E-state index contributed by atoms with van der Waals surface area (Å²) in [5.74, 6) is 0.570. The summed E-state index contributed by atoms with van der Waals surface area (Å²) in [6.45, 7) is 5.78. The smallest absolute Gasteiger partial charge is 0.131 e. The summed E-state index contributed by atoms with van der Waals surface area (Å²) in [5.41, 5.74) is 7.64. The van der Waals surface area contributed by atoms with E-state index in [0.717, 1.165) is 22.0 Å². The predicted molar refractivity (Wildman–Crippen MR) is 60.9 cm³/mol. The summed E-state index contributed by atoms with van der Waals surface area (Å²) in [6, 6.07) is 9.96. The van der Waals surface area contributed by atoms with Crippen LogP contribution >= 0.6 is 0 Å². The molecule has 1 aromatic heterocycles. The van der Waals surface area contributed by atoms with Gasteiger partial charge in [0.25, 0.3) is 0 Å². The number of anilines is 1. The number of nitrogens with zero attached hydrogens (tertiary/aromatic N) is 1. The van der Waals surface area contributed by atoms with Crippen molar-refractivity contribution in [3.63, 3.8) is 0 Å². The molecule has 0 spiro atoms. The molecule has 2 aromatic rings. The number of nitrogen functional groups attached to an aromatic ring is 1. The van der Waals surface area contributed by atoms with E-state index in [-0.39, 0.29) is 0 Å². The van der Waals surface area contributed by atoms with Crippen molar-refractivity contribution in [2.45, 2.75) is 6.92 Å². The molecular formula is C12H12N2. The maximum absolute atomic E-state index is 5.84. The van der Waals surface area contributed by atoms with Gasteiger partial charge in [-0.3, -0.25) is 0 Å². The molecule has 0 bridgehead atoms. The molecule has 0 amide bonds. The van der Waals surface area contributed by atoms with E-state index in [4.69, 9.17) is 5.73 Å². The molecule has 1 aromatic carbocycles. The zero-order chi connectivity index (χ0) is 10.1. The Morgan fingerprint density at radius 1 is 1.36 bits per heavy atom. The minimum Gasteiger partial charge on any atom is -0.383 e. The normalized spacial score (nSPS) is 10.4. The van der Waals surface area contributed by atoms with Gasteiger partial charge in [0.2, 0.25) is 0 Å². The second kappa shape index (κ2) is 3.14. The predicted octanol–water partition coefficient (Wildman–Crippen LogP) is 2.85. The number of allylic oxidation sites excluding steroid dienone is 1. The van der Waals surface area contributed by atoms with Crippen LogP contribution in [0.3, 0.4) is 0 Å². The highest BCUT2D eigenvalue weighted by molar-refractivity contribution is 5.92. The van der Waals surface area contributed by atoms with E-state index in [0.29, 0.717) is 5.82 Å². The van der Waals surface area contributed by atoms with Crippen molar-refractivity contribution in [1.29, 1.82) is 0 Å². The average molecular weight is 184 g/mol. The number of fused-ring (bicyclic) bond motifs is 1. The Morgan fingerprint density at radius 3 is 2.79 bits per heavy atom. The molecule has 0 saturated carbocycles. The molecule has 2 heteroatoms. The van der Waals surface area contributed by atoms with Crippen LogP contribution in [0.2, 0.25) is 0 Å². The molecule has 0 radical (unpaired) electrons. The molecular weight excluding hydrogens is 172 g/mol. The lowest BCUT2D eigenvalue weighted by atomic mass is 10.1. The number of aromatic nitrogens is 1. The van der Waals surface area contributed by atoms with Crippen LogP contribution in [0.25, 0.3) is 16.3 Å². The highest BCUT2D eigenvalue weighted by Crippen LogP contribution is 2.22. The molecule has 0 aliphatic heterocycles. The van der Waals surface area contributed by atoms with Crippen LogP contribution in [0, 0.1) is 0 Å². The van der Waals surface area contributed by atoms with Crippen molar-refractivity contribution in [1.82, 2.24) is 4.98 Å². The molecule has 0 unspecified atom stereocenters. The maximum atomic E-state index is 5.84. The zero-order valence-electron chi connectivity index (χ0n) is 8.12. The van der Waals surface area contributed by atoms with Gasteiger partial charge in [-0.05, 0) is 23.9 Å². The highest BCUT2D eigenvalue weighted by atomic mass is 14.8. The Bertz CT molecular complexity index is 501. The number of benzene rings is 1.